The molecule has 1 atom stereocenters. The molecule has 98 valence electrons. The number of benzene rings is 2. The van der Waals surface area contributed by atoms with Gasteiger partial charge in [-0.15, -0.1) is 0 Å². The molecule has 0 radical (unpaired) electrons. The zero-order chi connectivity index (χ0) is 13.4. The van der Waals surface area contributed by atoms with E-state index < -0.39 is 0 Å². The zero-order valence-corrected chi connectivity index (χ0v) is 10.9. The Labute approximate surface area is 112 Å². The second-order valence-corrected chi connectivity index (χ2v) is 5.18. The largest absolute Gasteiger partial charge is 0.365 e. The molecule has 0 aliphatic carbocycles. The number of rotatable bonds is 2. The minimum atomic E-state index is -0.196. The maximum absolute atomic E-state index is 12.9. The van der Waals surface area contributed by atoms with Crippen LogP contribution in [0.3, 0.4) is 0 Å². The first-order valence-corrected chi connectivity index (χ1v) is 6.49. The molecule has 2 N–H and O–H groups in total. The molecule has 2 aromatic carbocycles. The minimum Gasteiger partial charge on any atom is -0.365 e. The van der Waals surface area contributed by atoms with Crippen LogP contribution in [0.1, 0.15) is 22.7 Å². The third-order valence-electron chi connectivity index (χ3n) is 3.63. The quantitative estimate of drug-likeness (QED) is 0.894. The lowest BCUT2D eigenvalue weighted by Crippen LogP contribution is -2.23. The molecule has 0 aromatic heterocycles. The summed E-state index contributed by atoms with van der Waals surface area (Å²) in [4.78, 5) is 2.26. The first kappa shape index (κ1) is 12.2. The van der Waals surface area contributed by atoms with E-state index in [1.165, 1.54) is 28.9 Å². The van der Waals surface area contributed by atoms with Crippen LogP contribution in [0.4, 0.5) is 10.1 Å². The van der Waals surface area contributed by atoms with Gasteiger partial charge in [-0.1, -0.05) is 29.8 Å². The SMILES string of the molecule is Cc1ccc2c(c1)[C@H](N)CN2Cc1ccc(F)cc1. The van der Waals surface area contributed by atoms with E-state index in [1.54, 1.807) is 0 Å². The van der Waals surface area contributed by atoms with E-state index in [2.05, 4.69) is 30.0 Å². The average molecular weight is 256 g/mol. The molecule has 2 nitrogen and oxygen atoms in total. The molecule has 0 saturated carbocycles. The van der Waals surface area contributed by atoms with Crippen molar-refractivity contribution in [1.82, 2.24) is 0 Å². The van der Waals surface area contributed by atoms with Gasteiger partial charge in [0.25, 0.3) is 0 Å². The fourth-order valence-corrected chi connectivity index (χ4v) is 2.65. The van der Waals surface area contributed by atoms with Crippen molar-refractivity contribution in [1.29, 1.82) is 0 Å². The van der Waals surface area contributed by atoms with Gasteiger partial charge in [0.1, 0.15) is 5.82 Å². The van der Waals surface area contributed by atoms with Crippen molar-refractivity contribution in [3.05, 3.63) is 65.0 Å². The summed E-state index contributed by atoms with van der Waals surface area (Å²) in [6, 6.07) is 13.1. The molecular weight excluding hydrogens is 239 g/mol. The van der Waals surface area contributed by atoms with Gasteiger partial charge in [-0.25, -0.2) is 4.39 Å². The summed E-state index contributed by atoms with van der Waals surface area (Å²) in [5.41, 5.74) is 10.9. The van der Waals surface area contributed by atoms with Crippen LogP contribution in [0, 0.1) is 12.7 Å². The van der Waals surface area contributed by atoms with Crippen LogP contribution in [0.5, 0.6) is 0 Å². The van der Waals surface area contributed by atoms with Crippen molar-refractivity contribution in [3.8, 4) is 0 Å². The summed E-state index contributed by atoms with van der Waals surface area (Å²) in [7, 11) is 0. The maximum Gasteiger partial charge on any atom is 0.123 e. The number of nitrogens with zero attached hydrogens (tertiary/aromatic N) is 1. The second kappa shape index (κ2) is 4.67. The molecule has 3 rings (SSSR count). The fraction of sp³-hybridized carbons (Fsp3) is 0.250. The molecule has 2 aromatic rings. The molecule has 0 spiro atoms. The van der Waals surface area contributed by atoms with Gasteiger partial charge in [0, 0.05) is 24.8 Å². The highest BCUT2D eigenvalue weighted by atomic mass is 19.1. The molecular formula is C16H17FN2. The molecule has 0 bridgehead atoms. The molecule has 0 unspecified atom stereocenters. The summed E-state index contributed by atoms with van der Waals surface area (Å²) in [6.45, 7) is 3.66. The van der Waals surface area contributed by atoms with E-state index in [1.807, 2.05) is 12.1 Å². The number of anilines is 1. The van der Waals surface area contributed by atoms with Crippen LogP contribution >= 0.6 is 0 Å². The van der Waals surface area contributed by atoms with Gasteiger partial charge in [-0.2, -0.15) is 0 Å². The van der Waals surface area contributed by atoms with Crippen molar-refractivity contribution < 1.29 is 4.39 Å². The topological polar surface area (TPSA) is 29.3 Å². The number of fused-ring (bicyclic) bond motifs is 1. The molecule has 1 aliphatic heterocycles. The van der Waals surface area contributed by atoms with Crippen LogP contribution in [-0.2, 0) is 6.54 Å². The number of hydrogen-bond donors (Lipinski definition) is 1. The first-order chi connectivity index (χ1) is 9.13. The van der Waals surface area contributed by atoms with Crippen molar-refractivity contribution in [2.75, 3.05) is 11.4 Å². The monoisotopic (exact) mass is 256 g/mol. The van der Waals surface area contributed by atoms with Crippen LogP contribution in [0.15, 0.2) is 42.5 Å². The van der Waals surface area contributed by atoms with Crippen LogP contribution in [0.25, 0.3) is 0 Å². The number of hydrogen-bond acceptors (Lipinski definition) is 2. The number of nitrogens with two attached hydrogens (primary N) is 1. The van der Waals surface area contributed by atoms with Crippen LogP contribution < -0.4 is 10.6 Å². The Morgan fingerprint density at radius 1 is 1.21 bits per heavy atom. The molecule has 0 amide bonds. The van der Waals surface area contributed by atoms with Crippen molar-refractivity contribution in [2.45, 2.75) is 19.5 Å². The highest BCUT2D eigenvalue weighted by molar-refractivity contribution is 5.61. The summed E-state index contributed by atoms with van der Waals surface area (Å²) < 4.78 is 12.9. The van der Waals surface area contributed by atoms with Gasteiger partial charge in [-0.05, 0) is 36.2 Å². The van der Waals surface area contributed by atoms with Gasteiger partial charge in [0.15, 0.2) is 0 Å². The van der Waals surface area contributed by atoms with Crippen LogP contribution in [-0.4, -0.2) is 6.54 Å². The first-order valence-electron chi connectivity index (χ1n) is 6.49. The average Bonchev–Trinajstić information content (AvgIpc) is 2.69. The predicted molar refractivity (Wildman–Crippen MR) is 75.6 cm³/mol. The lowest BCUT2D eigenvalue weighted by atomic mass is 10.1. The summed E-state index contributed by atoms with van der Waals surface area (Å²) in [5, 5.41) is 0. The Morgan fingerprint density at radius 3 is 2.68 bits per heavy atom. The standard InChI is InChI=1S/C16H17FN2/c1-11-2-7-16-14(8-11)15(18)10-19(16)9-12-3-5-13(17)6-4-12/h2-8,15H,9-10,18H2,1H3/t15-/m1/s1. The summed E-state index contributed by atoms with van der Waals surface area (Å²) in [6.07, 6.45) is 0. The Bertz CT molecular complexity index is 592. The number of aryl methyl sites for hydroxylation is 1. The van der Waals surface area contributed by atoms with Gasteiger partial charge in [0.2, 0.25) is 0 Å². The van der Waals surface area contributed by atoms with Crippen molar-refractivity contribution >= 4 is 5.69 Å². The molecule has 3 heteroatoms. The molecule has 0 saturated heterocycles. The van der Waals surface area contributed by atoms with Gasteiger partial charge in [0.05, 0.1) is 0 Å². The van der Waals surface area contributed by atoms with E-state index in [-0.39, 0.29) is 11.9 Å². The fourth-order valence-electron chi connectivity index (χ4n) is 2.65. The minimum absolute atomic E-state index is 0.0651. The van der Waals surface area contributed by atoms with Gasteiger partial charge >= 0.3 is 0 Å². The molecule has 1 heterocycles. The molecule has 0 fully saturated rings. The lowest BCUT2D eigenvalue weighted by Gasteiger charge is -2.19. The molecule has 1 aliphatic rings. The van der Waals surface area contributed by atoms with Gasteiger partial charge in [-0.3, -0.25) is 0 Å². The van der Waals surface area contributed by atoms with E-state index in [0.717, 1.165) is 18.7 Å². The van der Waals surface area contributed by atoms with E-state index in [9.17, 15) is 4.39 Å². The van der Waals surface area contributed by atoms with E-state index in [4.69, 9.17) is 5.73 Å². The summed E-state index contributed by atoms with van der Waals surface area (Å²) >= 11 is 0. The molecule has 19 heavy (non-hydrogen) atoms. The Hall–Kier alpha value is -1.87. The normalized spacial score (nSPS) is 17.6. The number of halogens is 1. The third kappa shape index (κ3) is 2.34. The summed E-state index contributed by atoms with van der Waals surface area (Å²) in [5.74, 6) is -0.196. The lowest BCUT2D eigenvalue weighted by molar-refractivity contribution is 0.626. The van der Waals surface area contributed by atoms with Gasteiger partial charge < -0.3 is 10.6 Å². The third-order valence-corrected chi connectivity index (χ3v) is 3.63. The van der Waals surface area contributed by atoms with Crippen molar-refractivity contribution in [2.24, 2.45) is 5.73 Å². The highest BCUT2D eigenvalue weighted by Gasteiger charge is 2.25. The Morgan fingerprint density at radius 2 is 1.95 bits per heavy atom. The highest BCUT2D eigenvalue weighted by Crippen LogP contribution is 2.34. The Kier molecular flexibility index (Phi) is 2.99. The van der Waals surface area contributed by atoms with E-state index >= 15 is 0 Å². The van der Waals surface area contributed by atoms with Crippen molar-refractivity contribution in [3.63, 3.8) is 0 Å². The Balaban J connectivity index is 1.86. The van der Waals surface area contributed by atoms with E-state index in [0.29, 0.717) is 0 Å². The zero-order valence-electron chi connectivity index (χ0n) is 10.9. The second-order valence-electron chi connectivity index (χ2n) is 5.18. The maximum atomic E-state index is 12.9. The predicted octanol–water partition coefficient (Wildman–Crippen LogP) is 3.15. The van der Waals surface area contributed by atoms with Crippen LogP contribution in [0.2, 0.25) is 0 Å². The smallest absolute Gasteiger partial charge is 0.123 e.